The standard InChI is InChI=1S/C20H22N2O2S/c23-20-19(21-24-14-7-12-17-8-3-1-4-9-17)25-15-13-22(20)16-18-10-5-2-6-11-18/h1-6,8-11H,7,12-16H2/b21-19+. The van der Waals surface area contributed by atoms with Gasteiger partial charge in [0.15, 0.2) is 0 Å². The van der Waals surface area contributed by atoms with Crippen LogP contribution in [0, 0.1) is 0 Å². The van der Waals surface area contributed by atoms with Crippen molar-refractivity contribution < 1.29 is 9.63 Å². The zero-order valence-corrected chi connectivity index (χ0v) is 15.0. The number of oxime groups is 1. The molecule has 0 radical (unpaired) electrons. The van der Waals surface area contributed by atoms with Gasteiger partial charge in [-0.3, -0.25) is 4.79 Å². The SMILES string of the molecule is O=C1/C(=N\OCCCc2ccccc2)SCCN1Cc1ccccc1. The van der Waals surface area contributed by atoms with E-state index in [-0.39, 0.29) is 5.91 Å². The number of nitrogens with zero attached hydrogens (tertiary/aromatic N) is 2. The summed E-state index contributed by atoms with van der Waals surface area (Å²) in [6.07, 6.45) is 1.83. The van der Waals surface area contributed by atoms with Gasteiger partial charge in [0.05, 0.1) is 0 Å². The summed E-state index contributed by atoms with van der Waals surface area (Å²) < 4.78 is 0. The van der Waals surface area contributed by atoms with Crippen LogP contribution in [0.2, 0.25) is 0 Å². The molecule has 1 saturated heterocycles. The van der Waals surface area contributed by atoms with Crippen molar-refractivity contribution >= 4 is 22.7 Å². The van der Waals surface area contributed by atoms with E-state index in [1.165, 1.54) is 17.3 Å². The molecule has 4 nitrogen and oxygen atoms in total. The van der Waals surface area contributed by atoms with Gasteiger partial charge in [-0.15, -0.1) is 0 Å². The summed E-state index contributed by atoms with van der Waals surface area (Å²) in [4.78, 5) is 19.7. The molecule has 1 fully saturated rings. The maximum atomic E-state index is 12.5. The van der Waals surface area contributed by atoms with E-state index in [4.69, 9.17) is 4.84 Å². The molecule has 1 aliphatic rings. The number of thioether (sulfide) groups is 1. The number of aryl methyl sites for hydroxylation is 1. The number of carbonyl (C=O) groups is 1. The van der Waals surface area contributed by atoms with Crippen LogP contribution in [0.25, 0.3) is 0 Å². The van der Waals surface area contributed by atoms with Gasteiger partial charge in [-0.05, 0) is 24.0 Å². The molecule has 0 atom stereocenters. The third kappa shape index (κ3) is 5.36. The number of benzene rings is 2. The lowest BCUT2D eigenvalue weighted by Gasteiger charge is -2.26. The highest BCUT2D eigenvalue weighted by Crippen LogP contribution is 2.17. The molecule has 0 bridgehead atoms. The number of hydrogen-bond acceptors (Lipinski definition) is 4. The first-order valence-electron chi connectivity index (χ1n) is 8.53. The van der Waals surface area contributed by atoms with Crippen LogP contribution in [-0.2, 0) is 22.6 Å². The van der Waals surface area contributed by atoms with E-state index in [0.29, 0.717) is 18.2 Å². The fraction of sp³-hybridized carbons (Fsp3) is 0.300. The topological polar surface area (TPSA) is 41.9 Å². The first-order valence-corrected chi connectivity index (χ1v) is 9.51. The number of amides is 1. The summed E-state index contributed by atoms with van der Waals surface area (Å²) in [5, 5.41) is 4.54. The first-order chi connectivity index (χ1) is 12.3. The lowest BCUT2D eigenvalue weighted by atomic mass is 10.1. The smallest absolute Gasteiger partial charge is 0.282 e. The van der Waals surface area contributed by atoms with Gasteiger partial charge in [0.1, 0.15) is 6.61 Å². The van der Waals surface area contributed by atoms with Gasteiger partial charge < -0.3 is 9.74 Å². The molecule has 3 rings (SSSR count). The van der Waals surface area contributed by atoms with E-state index in [0.717, 1.165) is 30.7 Å². The van der Waals surface area contributed by atoms with Gasteiger partial charge in [-0.2, -0.15) is 0 Å². The molecule has 0 N–H and O–H groups in total. The Balaban J connectivity index is 1.46. The minimum Gasteiger partial charge on any atom is -0.395 e. The molecule has 0 saturated carbocycles. The molecule has 2 aromatic carbocycles. The van der Waals surface area contributed by atoms with E-state index < -0.39 is 0 Å². The van der Waals surface area contributed by atoms with E-state index in [9.17, 15) is 4.79 Å². The molecule has 0 spiro atoms. The number of rotatable bonds is 7. The Kier molecular flexibility index (Phi) is 6.51. The summed E-state index contributed by atoms with van der Waals surface area (Å²) in [6, 6.07) is 20.3. The fourth-order valence-corrected chi connectivity index (χ4v) is 3.52. The highest BCUT2D eigenvalue weighted by Gasteiger charge is 2.26. The van der Waals surface area contributed by atoms with Gasteiger partial charge in [-0.25, -0.2) is 0 Å². The van der Waals surface area contributed by atoms with Crippen molar-refractivity contribution in [2.75, 3.05) is 18.9 Å². The molecule has 2 aromatic rings. The van der Waals surface area contributed by atoms with Crippen LogP contribution in [0.1, 0.15) is 17.5 Å². The number of carbonyl (C=O) groups excluding carboxylic acids is 1. The van der Waals surface area contributed by atoms with Crippen LogP contribution in [0.15, 0.2) is 65.8 Å². The third-order valence-electron chi connectivity index (χ3n) is 3.98. The molecule has 1 amide bonds. The second-order valence-electron chi connectivity index (χ2n) is 5.88. The largest absolute Gasteiger partial charge is 0.395 e. The van der Waals surface area contributed by atoms with E-state index in [1.54, 1.807) is 0 Å². The molecule has 130 valence electrons. The van der Waals surface area contributed by atoms with Gasteiger partial charge >= 0.3 is 0 Å². The highest BCUT2D eigenvalue weighted by atomic mass is 32.2. The summed E-state index contributed by atoms with van der Waals surface area (Å²) in [5.74, 6) is 0.813. The van der Waals surface area contributed by atoms with Crippen molar-refractivity contribution in [3.05, 3.63) is 71.8 Å². The van der Waals surface area contributed by atoms with E-state index in [1.807, 2.05) is 53.4 Å². The number of hydrogen-bond donors (Lipinski definition) is 0. The van der Waals surface area contributed by atoms with Gasteiger partial charge in [0.25, 0.3) is 5.91 Å². The van der Waals surface area contributed by atoms with Gasteiger partial charge in [0, 0.05) is 18.8 Å². The van der Waals surface area contributed by atoms with Crippen LogP contribution >= 0.6 is 11.8 Å². The van der Waals surface area contributed by atoms with Crippen molar-refractivity contribution in [3.8, 4) is 0 Å². The van der Waals surface area contributed by atoms with Crippen molar-refractivity contribution in [2.45, 2.75) is 19.4 Å². The maximum Gasteiger partial charge on any atom is 0.282 e. The molecule has 0 aliphatic carbocycles. The zero-order valence-electron chi connectivity index (χ0n) is 14.1. The Morgan fingerprint density at radius 3 is 2.40 bits per heavy atom. The molecule has 25 heavy (non-hydrogen) atoms. The summed E-state index contributed by atoms with van der Waals surface area (Å²) >= 11 is 1.47. The molecular formula is C20H22N2O2S. The molecule has 0 unspecified atom stereocenters. The molecule has 1 aliphatic heterocycles. The van der Waals surface area contributed by atoms with Crippen LogP contribution < -0.4 is 0 Å². The average molecular weight is 354 g/mol. The zero-order chi connectivity index (χ0) is 17.3. The minimum absolute atomic E-state index is 0.0387. The van der Waals surface area contributed by atoms with Crippen LogP contribution in [0.4, 0.5) is 0 Å². The maximum absolute atomic E-state index is 12.5. The summed E-state index contributed by atoms with van der Waals surface area (Å²) in [5.41, 5.74) is 2.42. The summed E-state index contributed by atoms with van der Waals surface area (Å²) in [6.45, 7) is 1.88. The van der Waals surface area contributed by atoms with Crippen molar-refractivity contribution in [1.82, 2.24) is 4.90 Å². The molecular weight excluding hydrogens is 332 g/mol. The Morgan fingerprint density at radius 2 is 1.68 bits per heavy atom. The quantitative estimate of drug-likeness (QED) is 0.562. The Hall–Kier alpha value is -2.27. The van der Waals surface area contributed by atoms with E-state index >= 15 is 0 Å². The van der Waals surface area contributed by atoms with Gasteiger partial charge in [-0.1, -0.05) is 77.6 Å². The molecule has 0 aromatic heterocycles. The van der Waals surface area contributed by atoms with Gasteiger partial charge in [0.2, 0.25) is 5.04 Å². The van der Waals surface area contributed by atoms with Crippen molar-refractivity contribution in [3.63, 3.8) is 0 Å². The highest BCUT2D eigenvalue weighted by molar-refractivity contribution is 8.15. The first kappa shape index (κ1) is 17.5. The average Bonchev–Trinajstić information content (AvgIpc) is 2.66. The molecule has 1 heterocycles. The second-order valence-corrected chi connectivity index (χ2v) is 6.96. The lowest BCUT2D eigenvalue weighted by Crippen LogP contribution is -2.40. The Labute approximate surface area is 152 Å². The normalized spacial score (nSPS) is 16.2. The third-order valence-corrected chi connectivity index (χ3v) is 4.89. The summed E-state index contributed by atoms with van der Waals surface area (Å²) in [7, 11) is 0. The monoisotopic (exact) mass is 354 g/mol. The van der Waals surface area contributed by atoms with Crippen LogP contribution in [0.3, 0.4) is 0 Å². The predicted octanol–water partition coefficient (Wildman–Crippen LogP) is 3.72. The van der Waals surface area contributed by atoms with Crippen molar-refractivity contribution in [1.29, 1.82) is 0 Å². The van der Waals surface area contributed by atoms with E-state index in [2.05, 4.69) is 17.3 Å². The van der Waals surface area contributed by atoms with Crippen molar-refractivity contribution in [2.24, 2.45) is 5.16 Å². The lowest BCUT2D eigenvalue weighted by molar-refractivity contribution is -0.124. The van der Waals surface area contributed by atoms with Crippen LogP contribution in [0.5, 0.6) is 0 Å². The second kappa shape index (κ2) is 9.28. The Bertz CT molecular complexity index is 704. The Morgan fingerprint density at radius 1 is 1.00 bits per heavy atom. The fourth-order valence-electron chi connectivity index (χ4n) is 2.66. The molecule has 5 heteroatoms. The predicted molar refractivity (Wildman–Crippen MR) is 102 cm³/mol. The van der Waals surface area contributed by atoms with Crippen LogP contribution in [-0.4, -0.2) is 34.8 Å². The minimum atomic E-state index is -0.0387.